The number of aromatic nitrogens is 2. The molecule has 0 fully saturated rings. The molecule has 0 saturated carbocycles. The number of hydrogen-bond acceptors (Lipinski definition) is 3. The summed E-state index contributed by atoms with van der Waals surface area (Å²) in [6.07, 6.45) is 0. The lowest BCUT2D eigenvalue weighted by Gasteiger charge is -2.13. The molecule has 0 amide bonds. The Labute approximate surface area is 123 Å². The van der Waals surface area contributed by atoms with E-state index in [0.717, 1.165) is 5.56 Å². The summed E-state index contributed by atoms with van der Waals surface area (Å²) in [4.78, 5) is 0.175. The Kier molecular flexibility index (Phi) is 4.06. The second-order valence-electron chi connectivity index (χ2n) is 4.57. The van der Waals surface area contributed by atoms with Crippen LogP contribution in [0.4, 0.5) is 5.69 Å². The first kappa shape index (κ1) is 14.9. The third-order valence-electron chi connectivity index (χ3n) is 2.96. The monoisotopic (exact) mass is 313 g/mol. The third kappa shape index (κ3) is 2.81. The van der Waals surface area contributed by atoms with Gasteiger partial charge in [0, 0.05) is 0 Å². The standard InChI is InChI=1S/C13H16ClN3O2S/c1-8(14)11-6-4-5-7-12(11)17-20(18,19)13-9(2)15-16-10(13)3/h4-8,17H,1-3H3,(H,15,16). The number of alkyl halides is 1. The van der Waals surface area contributed by atoms with Crippen molar-refractivity contribution in [2.45, 2.75) is 31.0 Å². The number of sulfonamides is 1. The number of H-pyrrole nitrogens is 1. The summed E-state index contributed by atoms with van der Waals surface area (Å²) >= 11 is 6.07. The summed E-state index contributed by atoms with van der Waals surface area (Å²) in [5.74, 6) is 0. The molecule has 20 heavy (non-hydrogen) atoms. The smallest absolute Gasteiger partial charge is 0.265 e. The van der Waals surface area contributed by atoms with Gasteiger partial charge in [0.1, 0.15) is 4.90 Å². The summed E-state index contributed by atoms with van der Waals surface area (Å²) in [5.41, 5.74) is 2.16. The Morgan fingerprint density at radius 1 is 1.30 bits per heavy atom. The quantitative estimate of drug-likeness (QED) is 0.852. The SMILES string of the molecule is Cc1n[nH]c(C)c1S(=O)(=O)Nc1ccccc1C(C)Cl. The van der Waals surface area contributed by atoms with E-state index in [2.05, 4.69) is 14.9 Å². The highest BCUT2D eigenvalue weighted by atomic mass is 35.5. The van der Waals surface area contributed by atoms with Gasteiger partial charge in [0.15, 0.2) is 0 Å². The van der Waals surface area contributed by atoms with Crippen molar-refractivity contribution >= 4 is 27.3 Å². The molecule has 1 aromatic heterocycles. The van der Waals surface area contributed by atoms with Gasteiger partial charge in [0.25, 0.3) is 10.0 Å². The predicted molar refractivity (Wildman–Crippen MR) is 79.6 cm³/mol. The number of aromatic amines is 1. The molecule has 108 valence electrons. The molecule has 1 atom stereocenters. The van der Waals surface area contributed by atoms with E-state index in [1.165, 1.54) is 0 Å². The number of nitrogens with one attached hydrogen (secondary N) is 2. The predicted octanol–water partition coefficient (Wildman–Crippen LogP) is 3.13. The van der Waals surface area contributed by atoms with E-state index >= 15 is 0 Å². The topological polar surface area (TPSA) is 74.8 Å². The molecule has 2 aromatic rings. The van der Waals surface area contributed by atoms with Crippen molar-refractivity contribution in [3.05, 3.63) is 41.2 Å². The van der Waals surface area contributed by atoms with Crippen LogP contribution in [0, 0.1) is 13.8 Å². The number of nitrogens with zero attached hydrogens (tertiary/aromatic N) is 1. The van der Waals surface area contributed by atoms with Gasteiger partial charge in [0.2, 0.25) is 0 Å². The van der Waals surface area contributed by atoms with Gasteiger partial charge in [-0.05, 0) is 32.4 Å². The Balaban J connectivity index is 2.45. The number of rotatable bonds is 4. The van der Waals surface area contributed by atoms with E-state index in [9.17, 15) is 8.42 Å². The summed E-state index contributed by atoms with van der Waals surface area (Å²) in [7, 11) is -3.69. The van der Waals surface area contributed by atoms with E-state index in [1.54, 1.807) is 39.0 Å². The van der Waals surface area contributed by atoms with Crippen LogP contribution >= 0.6 is 11.6 Å². The van der Waals surface area contributed by atoms with E-state index in [1.807, 2.05) is 6.07 Å². The fraction of sp³-hybridized carbons (Fsp3) is 0.308. The van der Waals surface area contributed by atoms with Gasteiger partial charge >= 0.3 is 0 Å². The normalized spacial score (nSPS) is 13.2. The van der Waals surface area contributed by atoms with Crippen LogP contribution in [0.25, 0.3) is 0 Å². The van der Waals surface area contributed by atoms with Gasteiger partial charge < -0.3 is 0 Å². The molecule has 0 aliphatic heterocycles. The fourth-order valence-electron chi connectivity index (χ4n) is 2.07. The van der Waals surface area contributed by atoms with Crippen molar-refractivity contribution in [3.8, 4) is 0 Å². The van der Waals surface area contributed by atoms with Gasteiger partial charge in [-0.1, -0.05) is 18.2 Å². The van der Waals surface area contributed by atoms with Crippen molar-refractivity contribution in [3.63, 3.8) is 0 Å². The highest BCUT2D eigenvalue weighted by molar-refractivity contribution is 7.92. The molecular weight excluding hydrogens is 298 g/mol. The van der Waals surface area contributed by atoms with Crippen LogP contribution in [0.5, 0.6) is 0 Å². The molecule has 0 saturated heterocycles. The fourth-order valence-corrected chi connectivity index (χ4v) is 3.72. The van der Waals surface area contributed by atoms with Crippen LogP contribution in [0.1, 0.15) is 29.3 Å². The lowest BCUT2D eigenvalue weighted by molar-refractivity contribution is 0.600. The third-order valence-corrected chi connectivity index (χ3v) is 4.83. The first-order chi connectivity index (χ1) is 9.33. The molecule has 0 radical (unpaired) electrons. The molecule has 0 aliphatic carbocycles. The Morgan fingerprint density at radius 2 is 1.95 bits per heavy atom. The highest BCUT2D eigenvalue weighted by Crippen LogP contribution is 2.29. The van der Waals surface area contributed by atoms with Gasteiger partial charge in [0.05, 0.1) is 22.5 Å². The van der Waals surface area contributed by atoms with E-state index in [4.69, 9.17) is 11.6 Å². The number of aryl methyl sites for hydroxylation is 2. The molecule has 2 rings (SSSR count). The van der Waals surface area contributed by atoms with Crippen LogP contribution in [-0.4, -0.2) is 18.6 Å². The van der Waals surface area contributed by atoms with Crippen LogP contribution in [0.3, 0.4) is 0 Å². The number of anilines is 1. The molecule has 5 nitrogen and oxygen atoms in total. The molecule has 0 aliphatic rings. The van der Waals surface area contributed by atoms with Crippen LogP contribution in [0.15, 0.2) is 29.2 Å². The lowest BCUT2D eigenvalue weighted by atomic mass is 10.1. The molecule has 0 spiro atoms. The molecule has 7 heteroatoms. The minimum absolute atomic E-state index is 0.175. The number of para-hydroxylation sites is 1. The second kappa shape index (κ2) is 5.46. The largest absolute Gasteiger partial charge is 0.281 e. The van der Waals surface area contributed by atoms with Crippen LogP contribution < -0.4 is 4.72 Å². The van der Waals surface area contributed by atoms with E-state index < -0.39 is 10.0 Å². The summed E-state index contributed by atoms with van der Waals surface area (Å²) in [5, 5.41) is 6.29. The maximum atomic E-state index is 12.5. The first-order valence-electron chi connectivity index (χ1n) is 6.10. The van der Waals surface area contributed by atoms with Gasteiger partial charge in [-0.15, -0.1) is 11.6 Å². The zero-order chi connectivity index (χ0) is 14.9. The van der Waals surface area contributed by atoms with E-state index in [-0.39, 0.29) is 10.3 Å². The van der Waals surface area contributed by atoms with Gasteiger partial charge in [-0.2, -0.15) is 5.10 Å². The maximum absolute atomic E-state index is 12.5. The molecule has 0 bridgehead atoms. The number of hydrogen-bond donors (Lipinski definition) is 2. The molecule has 2 N–H and O–H groups in total. The van der Waals surface area contributed by atoms with E-state index in [0.29, 0.717) is 17.1 Å². The molecule has 1 unspecified atom stereocenters. The Bertz CT molecular complexity index is 703. The van der Waals surface area contributed by atoms with Crippen molar-refractivity contribution < 1.29 is 8.42 Å². The number of benzene rings is 1. The summed E-state index contributed by atoms with van der Waals surface area (Å²) < 4.78 is 27.5. The molecular formula is C13H16ClN3O2S. The van der Waals surface area contributed by atoms with Crippen molar-refractivity contribution in [2.75, 3.05) is 4.72 Å². The highest BCUT2D eigenvalue weighted by Gasteiger charge is 2.23. The Hall–Kier alpha value is -1.53. The lowest BCUT2D eigenvalue weighted by Crippen LogP contribution is -2.15. The first-order valence-corrected chi connectivity index (χ1v) is 8.02. The zero-order valence-corrected chi connectivity index (χ0v) is 13.0. The van der Waals surface area contributed by atoms with Crippen LogP contribution in [-0.2, 0) is 10.0 Å². The molecule has 1 aromatic carbocycles. The average molecular weight is 314 g/mol. The summed E-state index contributed by atoms with van der Waals surface area (Å²) in [6.45, 7) is 5.11. The van der Waals surface area contributed by atoms with Crippen LogP contribution in [0.2, 0.25) is 0 Å². The van der Waals surface area contributed by atoms with Crippen molar-refractivity contribution in [2.24, 2.45) is 0 Å². The maximum Gasteiger partial charge on any atom is 0.265 e. The minimum Gasteiger partial charge on any atom is -0.281 e. The van der Waals surface area contributed by atoms with Crippen molar-refractivity contribution in [1.29, 1.82) is 0 Å². The number of halogens is 1. The average Bonchev–Trinajstić information content (AvgIpc) is 2.69. The minimum atomic E-state index is -3.69. The summed E-state index contributed by atoms with van der Waals surface area (Å²) in [6, 6.07) is 7.07. The Morgan fingerprint density at radius 3 is 2.50 bits per heavy atom. The zero-order valence-electron chi connectivity index (χ0n) is 11.4. The second-order valence-corrected chi connectivity index (χ2v) is 6.85. The van der Waals surface area contributed by atoms with Gasteiger partial charge in [-0.25, -0.2) is 8.42 Å². The molecule has 1 heterocycles. The van der Waals surface area contributed by atoms with Gasteiger partial charge in [-0.3, -0.25) is 9.82 Å². The van der Waals surface area contributed by atoms with Crippen molar-refractivity contribution in [1.82, 2.24) is 10.2 Å².